The van der Waals surface area contributed by atoms with Gasteiger partial charge >= 0.3 is 0 Å². The number of aryl methyl sites for hydroxylation is 1. The Kier molecular flexibility index (Phi) is 5.18. The largest absolute Gasteiger partial charge is 0.375 e. The Balaban J connectivity index is 1.73. The standard InChI is InChI=1S/C22H23NOS2/c1-15-8-9-21-19(12-15)22-18(17-6-4-5-7-20(17)26-21)13-16(25-22)14-24-11-10-23(2)3/h4-9,12-13H,10-11,14H2,1-3H3. The van der Waals surface area contributed by atoms with Crippen molar-refractivity contribution in [3.63, 3.8) is 0 Å². The molecule has 4 rings (SSSR count). The first kappa shape index (κ1) is 17.8. The molecule has 0 radical (unpaired) electrons. The smallest absolute Gasteiger partial charge is 0.0810 e. The molecular formula is C22H23NOS2. The van der Waals surface area contributed by atoms with Gasteiger partial charge in [-0.3, -0.25) is 0 Å². The van der Waals surface area contributed by atoms with Crippen molar-refractivity contribution in [1.82, 2.24) is 4.90 Å². The van der Waals surface area contributed by atoms with Crippen LogP contribution in [0.15, 0.2) is 58.3 Å². The maximum absolute atomic E-state index is 5.90. The number of thiophene rings is 1. The molecule has 2 heterocycles. The van der Waals surface area contributed by atoms with Crippen LogP contribution in [0.25, 0.3) is 21.6 Å². The molecule has 2 aromatic carbocycles. The van der Waals surface area contributed by atoms with Crippen LogP contribution in [0.2, 0.25) is 0 Å². The fourth-order valence-electron chi connectivity index (χ4n) is 3.14. The number of hydrogen-bond acceptors (Lipinski definition) is 4. The zero-order valence-corrected chi connectivity index (χ0v) is 17.0. The summed E-state index contributed by atoms with van der Waals surface area (Å²) in [5.74, 6) is 0. The summed E-state index contributed by atoms with van der Waals surface area (Å²) in [5, 5.41) is 0. The Bertz CT molecular complexity index is 930. The Hall–Kier alpha value is -1.59. The summed E-state index contributed by atoms with van der Waals surface area (Å²) in [4.78, 5) is 7.48. The van der Waals surface area contributed by atoms with Crippen LogP contribution < -0.4 is 0 Å². The number of hydrogen-bond donors (Lipinski definition) is 0. The van der Waals surface area contributed by atoms with Gasteiger partial charge in [-0.05, 0) is 50.8 Å². The summed E-state index contributed by atoms with van der Waals surface area (Å²) in [6.07, 6.45) is 0. The molecule has 1 aliphatic rings. The van der Waals surface area contributed by atoms with Crippen LogP contribution in [0.4, 0.5) is 0 Å². The lowest BCUT2D eigenvalue weighted by atomic mass is 10.0. The molecular weight excluding hydrogens is 358 g/mol. The van der Waals surface area contributed by atoms with Crippen LogP contribution in [-0.4, -0.2) is 32.1 Å². The van der Waals surface area contributed by atoms with Crippen molar-refractivity contribution >= 4 is 23.1 Å². The average molecular weight is 382 g/mol. The van der Waals surface area contributed by atoms with Crippen LogP contribution in [0.1, 0.15) is 10.4 Å². The zero-order chi connectivity index (χ0) is 18.1. The summed E-state index contributed by atoms with van der Waals surface area (Å²) in [6.45, 7) is 4.56. The fourth-order valence-corrected chi connectivity index (χ4v) is 5.42. The monoisotopic (exact) mass is 381 g/mol. The first-order valence-electron chi connectivity index (χ1n) is 8.85. The molecule has 0 unspecified atom stereocenters. The van der Waals surface area contributed by atoms with Gasteiger partial charge in [0, 0.05) is 37.2 Å². The van der Waals surface area contributed by atoms with Gasteiger partial charge in [0.15, 0.2) is 0 Å². The maximum atomic E-state index is 5.90. The molecule has 0 fully saturated rings. The van der Waals surface area contributed by atoms with E-state index in [0.29, 0.717) is 6.61 Å². The second-order valence-electron chi connectivity index (χ2n) is 6.91. The van der Waals surface area contributed by atoms with E-state index >= 15 is 0 Å². The molecule has 1 aliphatic heterocycles. The van der Waals surface area contributed by atoms with Crippen molar-refractivity contribution in [2.75, 3.05) is 27.2 Å². The first-order valence-corrected chi connectivity index (χ1v) is 10.5. The predicted molar refractivity (Wildman–Crippen MR) is 112 cm³/mol. The van der Waals surface area contributed by atoms with Gasteiger partial charge in [-0.1, -0.05) is 41.6 Å². The summed E-state index contributed by atoms with van der Waals surface area (Å²) >= 11 is 3.74. The van der Waals surface area contributed by atoms with E-state index in [1.165, 1.54) is 41.8 Å². The fraction of sp³-hybridized carbons (Fsp3) is 0.273. The Labute approximate surface area is 163 Å². The minimum absolute atomic E-state index is 0.683. The summed E-state index contributed by atoms with van der Waals surface area (Å²) in [7, 11) is 4.15. The van der Waals surface area contributed by atoms with Gasteiger partial charge in [-0.25, -0.2) is 0 Å². The third-order valence-electron chi connectivity index (χ3n) is 4.49. The van der Waals surface area contributed by atoms with E-state index in [2.05, 4.69) is 74.4 Å². The predicted octanol–water partition coefficient (Wildman–Crippen LogP) is 5.93. The Morgan fingerprint density at radius 2 is 1.73 bits per heavy atom. The molecule has 1 aromatic heterocycles. The van der Waals surface area contributed by atoms with E-state index in [-0.39, 0.29) is 0 Å². The molecule has 0 aliphatic carbocycles. The van der Waals surface area contributed by atoms with Crippen LogP contribution in [-0.2, 0) is 11.3 Å². The number of benzene rings is 2. The average Bonchev–Trinajstić information content (AvgIpc) is 2.99. The number of likely N-dealkylation sites (N-methyl/N-ethyl adjacent to an activating group) is 1. The Morgan fingerprint density at radius 1 is 0.923 bits per heavy atom. The minimum atomic E-state index is 0.683. The third-order valence-corrected chi connectivity index (χ3v) is 6.78. The lowest BCUT2D eigenvalue weighted by Gasteiger charge is -2.09. The topological polar surface area (TPSA) is 12.5 Å². The zero-order valence-electron chi connectivity index (χ0n) is 15.4. The van der Waals surface area contributed by atoms with E-state index in [4.69, 9.17) is 4.74 Å². The highest BCUT2D eigenvalue weighted by atomic mass is 32.2. The van der Waals surface area contributed by atoms with Gasteiger partial charge in [0.25, 0.3) is 0 Å². The van der Waals surface area contributed by atoms with Crippen molar-refractivity contribution < 1.29 is 4.74 Å². The molecule has 0 N–H and O–H groups in total. The van der Waals surface area contributed by atoms with Gasteiger partial charge in [0.1, 0.15) is 0 Å². The van der Waals surface area contributed by atoms with Crippen molar-refractivity contribution in [3.8, 4) is 21.6 Å². The molecule has 3 aromatic rings. The van der Waals surface area contributed by atoms with E-state index in [1.54, 1.807) is 0 Å². The second-order valence-corrected chi connectivity index (χ2v) is 9.13. The summed E-state index contributed by atoms with van der Waals surface area (Å²) < 4.78 is 5.90. The first-order chi connectivity index (χ1) is 12.6. The van der Waals surface area contributed by atoms with E-state index < -0.39 is 0 Å². The van der Waals surface area contributed by atoms with Crippen molar-refractivity contribution in [2.24, 2.45) is 0 Å². The molecule has 0 spiro atoms. The summed E-state index contributed by atoms with van der Waals surface area (Å²) in [5.41, 5.74) is 5.33. The van der Waals surface area contributed by atoms with Crippen molar-refractivity contribution in [1.29, 1.82) is 0 Å². The van der Waals surface area contributed by atoms with Gasteiger partial charge in [-0.15, -0.1) is 11.3 Å². The van der Waals surface area contributed by atoms with Gasteiger partial charge < -0.3 is 9.64 Å². The number of nitrogens with zero attached hydrogens (tertiary/aromatic N) is 1. The molecule has 0 bridgehead atoms. The molecule has 2 nitrogen and oxygen atoms in total. The van der Waals surface area contributed by atoms with Gasteiger partial charge in [-0.2, -0.15) is 0 Å². The highest BCUT2D eigenvalue weighted by Crippen LogP contribution is 2.51. The SMILES string of the molecule is Cc1ccc2c(c1)-c1sc(COCCN(C)C)cc1-c1ccccc1S2. The van der Waals surface area contributed by atoms with Crippen molar-refractivity contribution in [2.45, 2.75) is 23.3 Å². The summed E-state index contributed by atoms with van der Waals surface area (Å²) in [6, 6.07) is 17.8. The highest BCUT2D eigenvalue weighted by Gasteiger charge is 2.22. The normalized spacial score (nSPS) is 12.5. The number of fused-ring (bicyclic) bond motifs is 5. The van der Waals surface area contributed by atoms with Gasteiger partial charge in [0.2, 0.25) is 0 Å². The quantitative estimate of drug-likeness (QED) is 0.397. The molecule has 4 heteroatoms. The molecule has 26 heavy (non-hydrogen) atoms. The van der Waals surface area contributed by atoms with Crippen LogP contribution in [0, 0.1) is 6.92 Å². The van der Waals surface area contributed by atoms with E-state index in [0.717, 1.165) is 13.2 Å². The molecule has 134 valence electrons. The maximum Gasteiger partial charge on any atom is 0.0810 e. The molecule has 0 amide bonds. The lowest BCUT2D eigenvalue weighted by molar-refractivity contribution is 0.107. The van der Waals surface area contributed by atoms with E-state index in [1.807, 2.05) is 23.1 Å². The van der Waals surface area contributed by atoms with Crippen LogP contribution in [0.5, 0.6) is 0 Å². The van der Waals surface area contributed by atoms with Gasteiger partial charge in [0.05, 0.1) is 13.2 Å². The second kappa shape index (κ2) is 7.57. The molecule has 0 saturated heterocycles. The van der Waals surface area contributed by atoms with Crippen LogP contribution >= 0.6 is 23.1 Å². The molecule has 0 saturated carbocycles. The number of ether oxygens (including phenoxy) is 1. The Morgan fingerprint density at radius 3 is 2.58 bits per heavy atom. The third kappa shape index (κ3) is 3.60. The van der Waals surface area contributed by atoms with Crippen molar-refractivity contribution in [3.05, 3.63) is 59.0 Å². The molecule has 0 atom stereocenters. The van der Waals surface area contributed by atoms with E-state index in [9.17, 15) is 0 Å². The van der Waals surface area contributed by atoms with Crippen LogP contribution in [0.3, 0.4) is 0 Å². The minimum Gasteiger partial charge on any atom is -0.375 e. The number of rotatable bonds is 5. The highest BCUT2D eigenvalue weighted by molar-refractivity contribution is 7.99. The lowest BCUT2D eigenvalue weighted by Crippen LogP contribution is -2.17.